The summed E-state index contributed by atoms with van der Waals surface area (Å²) in [5, 5.41) is 0. The van der Waals surface area contributed by atoms with Crippen molar-refractivity contribution in [1.29, 1.82) is 0 Å². The van der Waals surface area contributed by atoms with E-state index in [1.165, 1.54) is 0 Å². The van der Waals surface area contributed by atoms with Crippen molar-refractivity contribution in [3.63, 3.8) is 0 Å². The van der Waals surface area contributed by atoms with Crippen LogP contribution in [-0.4, -0.2) is 23.1 Å². The second-order valence-electron chi connectivity index (χ2n) is 3.98. The van der Waals surface area contributed by atoms with Crippen molar-refractivity contribution in [1.82, 2.24) is 14.5 Å². The zero-order valence-corrected chi connectivity index (χ0v) is 10.4. The molecule has 0 aliphatic rings. The van der Waals surface area contributed by atoms with Crippen molar-refractivity contribution in [3.8, 4) is 0 Å². The maximum atomic E-state index is 4.50. The van der Waals surface area contributed by atoms with Crippen molar-refractivity contribution in [2.45, 2.75) is 13.8 Å². The molecule has 0 aliphatic carbocycles. The molecule has 0 atom stereocenters. The van der Waals surface area contributed by atoms with Crippen LogP contribution in [0.3, 0.4) is 0 Å². The Bertz CT molecular complexity index is 408. The molecule has 0 bridgehead atoms. The van der Waals surface area contributed by atoms with Gasteiger partial charge in [-0.2, -0.15) is 0 Å². The molecule has 88 valence electrons. The number of aromatic nitrogens is 2. The van der Waals surface area contributed by atoms with Crippen LogP contribution in [0.1, 0.15) is 13.8 Å². The predicted molar refractivity (Wildman–Crippen MR) is 71.0 cm³/mol. The Kier molecular flexibility index (Phi) is 3.49. The molecular formula is C14H18N3+. The van der Waals surface area contributed by atoms with Gasteiger partial charge in [-0.3, -0.25) is 0 Å². The molecule has 17 heavy (non-hydrogen) atoms. The Morgan fingerprint density at radius 1 is 0.824 bits per heavy atom. The van der Waals surface area contributed by atoms with Gasteiger partial charge in [-0.15, -0.1) is 0 Å². The lowest BCUT2D eigenvalue weighted by molar-refractivity contribution is 0.401. The van der Waals surface area contributed by atoms with Gasteiger partial charge in [0.25, 0.3) is 0 Å². The molecule has 0 saturated carbocycles. The zero-order chi connectivity index (χ0) is 12.1. The van der Waals surface area contributed by atoms with Crippen LogP contribution in [-0.2, 0) is 0 Å². The minimum Gasteiger partial charge on any atom is -0.227 e. The molecule has 2 aromatic heterocycles. The second-order valence-corrected chi connectivity index (χ2v) is 3.98. The Hall–Kier alpha value is -1.74. The summed E-state index contributed by atoms with van der Waals surface area (Å²) in [6.07, 6.45) is 3.69. The summed E-state index contributed by atoms with van der Waals surface area (Å²) in [5.41, 5.74) is 0. The fourth-order valence-corrected chi connectivity index (χ4v) is 2.20. The molecule has 2 rings (SSSR count). The van der Waals surface area contributed by atoms with Gasteiger partial charge in [0.05, 0.1) is 13.1 Å². The molecule has 2 heterocycles. The highest BCUT2D eigenvalue weighted by Gasteiger charge is 2.32. The number of nitrogens with zero attached hydrogens (tertiary/aromatic N) is 3. The SMILES string of the molecule is CC[N+](CC)(c1ccccn1)c1ccccn1. The molecule has 0 amide bonds. The first-order chi connectivity index (χ1) is 8.33. The molecule has 0 spiro atoms. The van der Waals surface area contributed by atoms with E-state index in [1.54, 1.807) is 0 Å². The Morgan fingerprint density at radius 2 is 1.29 bits per heavy atom. The van der Waals surface area contributed by atoms with E-state index < -0.39 is 0 Å². The fraction of sp³-hybridized carbons (Fsp3) is 0.286. The molecule has 0 aliphatic heterocycles. The van der Waals surface area contributed by atoms with Gasteiger partial charge >= 0.3 is 0 Å². The van der Waals surface area contributed by atoms with E-state index in [0.717, 1.165) is 24.7 Å². The lowest BCUT2D eigenvalue weighted by atomic mass is 10.3. The molecule has 0 radical (unpaired) electrons. The topological polar surface area (TPSA) is 25.8 Å². The summed E-state index contributed by atoms with van der Waals surface area (Å²) in [7, 11) is 0. The largest absolute Gasteiger partial charge is 0.233 e. The highest BCUT2D eigenvalue weighted by atomic mass is 15.4. The lowest BCUT2D eigenvalue weighted by Gasteiger charge is -2.32. The first kappa shape index (κ1) is 11.7. The first-order valence-electron chi connectivity index (χ1n) is 6.03. The molecule has 0 fully saturated rings. The lowest BCUT2D eigenvalue weighted by Crippen LogP contribution is -2.45. The summed E-state index contributed by atoms with van der Waals surface area (Å²) in [4.78, 5) is 9.00. The Balaban J connectivity index is 2.54. The van der Waals surface area contributed by atoms with Crippen molar-refractivity contribution in [3.05, 3.63) is 48.8 Å². The molecule has 0 aromatic carbocycles. The third-order valence-corrected chi connectivity index (χ3v) is 3.26. The van der Waals surface area contributed by atoms with Crippen LogP contribution in [0.4, 0.5) is 11.6 Å². The average molecular weight is 228 g/mol. The molecule has 3 nitrogen and oxygen atoms in total. The Labute approximate surface area is 102 Å². The van der Waals surface area contributed by atoms with Crippen LogP contribution in [0.15, 0.2) is 48.8 Å². The van der Waals surface area contributed by atoms with Crippen molar-refractivity contribution in [2.75, 3.05) is 13.1 Å². The van der Waals surface area contributed by atoms with Crippen LogP contribution in [0.5, 0.6) is 0 Å². The van der Waals surface area contributed by atoms with Gasteiger partial charge in [0.2, 0.25) is 11.6 Å². The maximum absolute atomic E-state index is 4.50. The van der Waals surface area contributed by atoms with E-state index in [2.05, 4.69) is 35.9 Å². The summed E-state index contributed by atoms with van der Waals surface area (Å²) >= 11 is 0. The first-order valence-corrected chi connectivity index (χ1v) is 6.03. The van der Waals surface area contributed by atoms with Crippen LogP contribution >= 0.6 is 0 Å². The van der Waals surface area contributed by atoms with Gasteiger partial charge in [0.1, 0.15) is 0 Å². The maximum Gasteiger partial charge on any atom is 0.233 e. The van der Waals surface area contributed by atoms with Gasteiger partial charge in [0, 0.05) is 24.5 Å². The molecule has 2 aromatic rings. The number of hydrogen-bond acceptors (Lipinski definition) is 2. The number of quaternary nitrogens is 1. The monoisotopic (exact) mass is 228 g/mol. The fourth-order valence-electron chi connectivity index (χ4n) is 2.20. The standard InChI is InChI=1S/C14H18N3/c1-3-17(4-2,13-9-5-7-11-15-13)14-10-6-8-12-16-14/h5-12H,3-4H2,1-2H3/q+1. The quantitative estimate of drug-likeness (QED) is 0.751. The number of pyridine rings is 2. The van der Waals surface area contributed by atoms with Crippen molar-refractivity contribution in [2.24, 2.45) is 0 Å². The van der Waals surface area contributed by atoms with E-state index in [9.17, 15) is 0 Å². The van der Waals surface area contributed by atoms with Gasteiger partial charge in [-0.05, 0) is 26.0 Å². The van der Waals surface area contributed by atoms with Crippen LogP contribution < -0.4 is 4.48 Å². The van der Waals surface area contributed by atoms with E-state index >= 15 is 0 Å². The molecule has 0 saturated heterocycles. The van der Waals surface area contributed by atoms with Gasteiger partial charge in [-0.1, -0.05) is 12.1 Å². The smallest absolute Gasteiger partial charge is 0.227 e. The normalized spacial score (nSPS) is 11.4. The van der Waals surface area contributed by atoms with Crippen LogP contribution in [0.2, 0.25) is 0 Å². The summed E-state index contributed by atoms with van der Waals surface area (Å²) < 4.78 is 0.696. The summed E-state index contributed by atoms with van der Waals surface area (Å²) in [6.45, 7) is 6.24. The second kappa shape index (κ2) is 5.06. The average Bonchev–Trinajstić information content (AvgIpc) is 2.43. The van der Waals surface area contributed by atoms with Gasteiger partial charge in [0.15, 0.2) is 0 Å². The van der Waals surface area contributed by atoms with Crippen LogP contribution in [0, 0.1) is 0 Å². The van der Waals surface area contributed by atoms with Crippen LogP contribution in [0.25, 0.3) is 0 Å². The highest BCUT2D eigenvalue weighted by Crippen LogP contribution is 2.30. The third-order valence-electron chi connectivity index (χ3n) is 3.26. The summed E-state index contributed by atoms with van der Waals surface area (Å²) in [5.74, 6) is 2.10. The zero-order valence-electron chi connectivity index (χ0n) is 10.4. The molecule has 3 heteroatoms. The molecule has 0 N–H and O–H groups in total. The van der Waals surface area contributed by atoms with Gasteiger partial charge in [-0.25, -0.2) is 14.5 Å². The van der Waals surface area contributed by atoms with E-state index in [1.807, 2.05) is 36.7 Å². The highest BCUT2D eigenvalue weighted by molar-refractivity contribution is 5.49. The minimum atomic E-state index is 0.696. The number of rotatable bonds is 4. The third kappa shape index (κ3) is 2.06. The van der Waals surface area contributed by atoms with E-state index in [-0.39, 0.29) is 0 Å². The Morgan fingerprint density at radius 3 is 1.59 bits per heavy atom. The molecule has 0 unspecified atom stereocenters. The van der Waals surface area contributed by atoms with Crippen molar-refractivity contribution >= 4 is 11.6 Å². The molecular weight excluding hydrogens is 210 g/mol. The summed E-state index contributed by atoms with van der Waals surface area (Å²) in [6, 6.07) is 12.1. The van der Waals surface area contributed by atoms with E-state index in [0.29, 0.717) is 4.48 Å². The minimum absolute atomic E-state index is 0.696. The van der Waals surface area contributed by atoms with Gasteiger partial charge < -0.3 is 0 Å². The van der Waals surface area contributed by atoms with Crippen molar-refractivity contribution < 1.29 is 0 Å². The predicted octanol–water partition coefficient (Wildman–Crippen LogP) is 3.16. The van der Waals surface area contributed by atoms with E-state index in [4.69, 9.17) is 0 Å². The number of hydrogen-bond donors (Lipinski definition) is 0.